The monoisotopic (exact) mass is 268 g/mol. The highest BCUT2D eigenvalue weighted by atomic mass is 16.5. The number of esters is 2. The molecule has 1 aromatic carbocycles. The third-order valence-corrected chi connectivity index (χ3v) is 2.61. The molecular weight excluding hydrogens is 252 g/mol. The number of aliphatic hydroxyl groups excluding tert-OH is 2. The molecule has 0 spiro atoms. The Morgan fingerprint density at radius 3 is 2.47 bits per heavy atom. The van der Waals surface area contributed by atoms with Crippen LogP contribution in [0.15, 0.2) is 24.3 Å². The van der Waals surface area contributed by atoms with Crippen LogP contribution in [0.1, 0.15) is 17.2 Å². The van der Waals surface area contributed by atoms with Gasteiger partial charge in [0.2, 0.25) is 0 Å². The maximum absolute atomic E-state index is 11.1. The van der Waals surface area contributed by atoms with Gasteiger partial charge in [0.25, 0.3) is 0 Å². The minimum absolute atomic E-state index is 0.0470. The van der Waals surface area contributed by atoms with Gasteiger partial charge in [-0.3, -0.25) is 4.79 Å². The van der Waals surface area contributed by atoms with Crippen molar-refractivity contribution < 1.29 is 29.3 Å². The van der Waals surface area contributed by atoms with Crippen molar-refractivity contribution in [2.24, 2.45) is 0 Å². The first kappa shape index (κ1) is 15.1. The van der Waals surface area contributed by atoms with Crippen LogP contribution in [0.5, 0.6) is 0 Å². The topological polar surface area (TPSA) is 93.1 Å². The second kappa shape index (κ2) is 6.86. The molecule has 6 heteroatoms. The highest BCUT2D eigenvalue weighted by Crippen LogP contribution is 2.19. The Balaban J connectivity index is 2.86. The Hall–Kier alpha value is -1.92. The summed E-state index contributed by atoms with van der Waals surface area (Å²) in [5, 5.41) is 19.4. The van der Waals surface area contributed by atoms with Crippen LogP contribution in [-0.4, -0.2) is 42.5 Å². The summed E-state index contributed by atoms with van der Waals surface area (Å²) in [6.45, 7) is 0. The Kier molecular flexibility index (Phi) is 5.47. The average molecular weight is 268 g/mol. The number of benzene rings is 1. The van der Waals surface area contributed by atoms with E-state index in [1.165, 1.54) is 19.2 Å². The van der Waals surface area contributed by atoms with Gasteiger partial charge in [-0.1, -0.05) is 24.3 Å². The summed E-state index contributed by atoms with van der Waals surface area (Å²) in [5.41, 5.74) is 0.930. The van der Waals surface area contributed by atoms with E-state index in [9.17, 15) is 19.8 Å². The van der Waals surface area contributed by atoms with E-state index in [0.29, 0.717) is 11.1 Å². The molecule has 0 bridgehead atoms. The highest BCUT2D eigenvalue weighted by molar-refractivity contribution is 5.75. The zero-order valence-corrected chi connectivity index (χ0v) is 10.7. The average Bonchev–Trinajstić information content (AvgIpc) is 2.44. The summed E-state index contributed by atoms with van der Waals surface area (Å²) >= 11 is 0. The first-order valence-electron chi connectivity index (χ1n) is 5.59. The maximum atomic E-state index is 11.1. The lowest BCUT2D eigenvalue weighted by Gasteiger charge is -2.16. The second-order valence-electron chi connectivity index (χ2n) is 3.91. The molecule has 0 aliphatic heterocycles. The van der Waals surface area contributed by atoms with Crippen molar-refractivity contribution in [1.82, 2.24) is 0 Å². The lowest BCUT2D eigenvalue weighted by Crippen LogP contribution is -2.29. The number of rotatable bonds is 5. The van der Waals surface area contributed by atoms with E-state index in [1.54, 1.807) is 12.1 Å². The number of carbonyl (C=O) groups excluding carboxylic acids is 2. The Bertz CT molecular complexity index is 456. The molecule has 0 heterocycles. The quantitative estimate of drug-likeness (QED) is 0.728. The van der Waals surface area contributed by atoms with Gasteiger partial charge in [-0.05, 0) is 11.1 Å². The van der Waals surface area contributed by atoms with Gasteiger partial charge in [0.15, 0.2) is 6.10 Å². The van der Waals surface area contributed by atoms with Crippen molar-refractivity contribution in [2.45, 2.75) is 18.6 Å². The molecule has 0 fully saturated rings. The van der Waals surface area contributed by atoms with Gasteiger partial charge < -0.3 is 19.7 Å². The predicted octanol–water partition coefficient (Wildman–Crippen LogP) is -0.0306. The number of hydrogen-bond donors (Lipinski definition) is 2. The Labute approximate surface area is 110 Å². The van der Waals surface area contributed by atoms with E-state index >= 15 is 0 Å². The molecule has 0 amide bonds. The normalized spacial score (nSPS) is 13.5. The third kappa shape index (κ3) is 4.04. The fraction of sp³-hybridized carbons (Fsp3) is 0.385. The standard InChI is InChI=1S/C13H16O6/c1-18-10(14)7-8-4-3-5-9(6-8)11(15)12(16)13(17)19-2/h3-6,11-12,15-16H,7H2,1-2H3. The number of hydrogen-bond acceptors (Lipinski definition) is 6. The summed E-state index contributed by atoms with van der Waals surface area (Å²) in [6.07, 6.45) is -3.03. The van der Waals surface area contributed by atoms with E-state index < -0.39 is 24.1 Å². The van der Waals surface area contributed by atoms with Crippen molar-refractivity contribution in [3.63, 3.8) is 0 Å². The molecule has 19 heavy (non-hydrogen) atoms. The number of aliphatic hydroxyl groups is 2. The predicted molar refractivity (Wildman–Crippen MR) is 65.1 cm³/mol. The molecule has 0 saturated heterocycles. The molecule has 2 atom stereocenters. The molecule has 0 aliphatic rings. The molecule has 2 unspecified atom stereocenters. The molecule has 104 valence electrons. The molecule has 0 radical (unpaired) electrons. The van der Waals surface area contributed by atoms with Gasteiger partial charge in [-0.25, -0.2) is 4.79 Å². The van der Waals surface area contributed by atoms with Gasteiger partial charge in [0.05, 0.1) is 20.6 Å². The zero-order chi connectivity index (χ0) is 14.4. The first-order chi connectivity index (χ1) is 8.99. The Morgan fingerprint density at radius 2 is 1.89 bits per heavy atom. The SMILES string of the molecule is COC(=O)Cc1cccc(C(O)C(O)C(=O)OC)c1. The molecule has 2 N–H and O–H groups in total. The number of methoxy groups -OCH3 is 2. The fourth-order valence-corrected chi connectivity index (χ4v) is 1.56. The summed E-state index contributed by atoms with van der Waals surface area (Å²) in [6, 6.07) is 6.35. The van der Waals surface area contributed by atoms with Crippen LogP contribution in [0.25, 0.3) is 0 Å². The van der Waals surface area contributed by atoms with Gasteiger partial charge in [0, 0.05) is 0 Å². The molecule has 0 saturated carbocycles. The van der Waals surface area contributed by atoms with Crippen LogP contribution < -0.4 is 0 Å². The molecule has 6 nitrogen and oxygen atoms in total. The van der Waals surface area contributed by atoms with E-state index in [4.69, 9.17) is 0 Å². The Morgan fingerprint density at radius 1 is 1.21 bits per heavy atom. The van der Waals surface area contributed by atoms with Crippen LogP contribution in [-0.2, 0) is 25.5 Å². The van der Waals surface area contributed by atoms with Crippen LogP contribution in [0, 0.1) is 0 Å². The van der Waals surface area contributed by atoms with Crippen molar-refractivity contribution in [3.8, 4) is 0 Å². The minimum atomic E-state index is -1.67. The van der Waals surface area contributed by atoms with Gasteiger partial charge in [0.1, 0.15) is 6.10 Å². The van der Waals surface area contributed by atoms with Crippen molar-refractivity contribution in [3.05, 3.63) is 35.4 Å². The third-order valence-electron chi connectivity index (χ3n) is 2.61. The highest BCUT2D eigenvalue weighted by Gasteiger charge is 2.26. The van der Waals surface area contributed by atoms with E-state index in [0.717, 1.165) is 7.11 Å². The van der Waals surface area contributed by atoms with Crippen molar-refractivity contribution >= 4 is 11.9 Å². The summed E-state index contributed by atoms with van der Waals surface area (Å²) in [4.78, 5) is 22.3. The van der Waals surface area contributed by atoms with Crippen LogP contribution >= 0.6 is 0 Å². The molecule has 1 rings (SSSR count). The summed E-state index contributed by atoms with van der Waals surface area (Å²) < 4.78 is 8.88. The second-order valence-corrected chi connectivity index (χ2v) is 3.91. The minimum Gasteiger partial charge on any atom is -0.469 e. The van der Waals surface area contributed by atoms with Gasteiger partial charge in [-0.2, -0.15) is 0 Å². The van der Waals surface area contributed by atoms with Crippen molar-refractivity contribution in [2.75, 3.05) is 14.2 Å². The number of carbonyl (C=O) groups is 2. The van der Waals surface area contributed by atoms with E-state index in [1.807, 2.05) is 0 Å². The summed E-state index contributed by atoms with van der Waals surface area (Å²) in [7, 11) is 2.40. The lowest BCUT2D eigenvalue weighted by molar-refractivity contribution is -0.156. The molecular formula is C13H16O6. The largest absolute Gasteiger partial charge is 0.469 e. The van der Waals surface area contributed by atoms with Gasteiger partial charge >= 0.3 is 11.9 Å². The van der Waals surface area contributed by atoms with Crippen molar-refractivity contribution in [1.29, 1.82) is 0 Å². The van der Waals surface area contributed by atoms with Gasteiger partial charge in [-0.15, -0.1) is 0 Å². The van der Waals surface area contributed by atoms with Crippen LogP contribution in [0.2, 0.25) is 0 Å². The fourth-order valence-electron chi connectivity index (χ4n) is 1.56. The molecule has 0 aromatic heterocycles. The van der Waals surface area contributed by atoms with E-state index in [-0.39, 0.29) is 6.42 Å². The molecule has 1 aromatic rings. The lowest BCUT2D eigenvalue weighted by atomic mass is 10.0. The first-order valence-corrected chi connectivity index (χ1v) is 5.59. The van der Waals surface area contributed by atoms with Crippen LogP contribution in [0.3, 0.4) is 0 Å². The van der Waals surface area contributed by atoms with E-state index in [2.05, 4.69) is 9.47 Å². The molecule has 0 aliphatic carbocycles. The number of ether oxygens (including phenoxy) is 2. The smallest absolute Gasteiger partial charge is 0.337 e. The van der Waals surface area contributed by atoms with Crippen LogP contribution in [0.4, 0.5) is 0 Å². The zero-order valence-electron chi connectivity index (χ0n) is 10.7. The summed E-state index contributed by atoms with van der Waals surface area (Å²) in [5.74, 6) is -1.34. The maximum Gasteiger partial charge on any atom is 0.337 e.